The Morgan fingerprint density at radius 2 is 1.81 bits per heavy atom. The zero-order valence-corrected chi connectivity index (χ0v) is 9.08. The second-order valence-corrected chi connectivity index (χ2v) is 4.04. The molecule has 0 saturated heterocycles. The van der Waals surface area contributed by atoms with Crippen LogP contribution in [0.1, 0.15) is 12.0 Å². The topological polar surface area (TPSA) is 35.5 Å². The molecule has 2 aromatic rings. The Morgan fingerprint density at radius 1 is 1.12 bits per heavy atom. The van der Waals surface area contributed by atoms with E-state index in [9.17, 15) is 4.79 Å². The van der Waals surface area contributed by atoms with Gasteiger partial charge in [-0.05, 0) is 24.6 Å². The Labute approximate surface area is 93.3 Å². The molecule has 0 aliphatic carbocycles. The minimum Gasteiger partial charge on any atom is -0.490 e. The summed E-state index contributed by atoms with van der Waals surface area (Å²) in [5, 5.41) is 0. The maximum Gasteiger partial charge on any atom is 0.190 e. The molecule has 1 aliphatic rings. The van der Waals surface area contributed by atoms with E-state index in [0.29, 0.717) is 13.2 Å². The van der Waals surface area contributed by atoms with E-state index in [0.717, 1.165) is 34.6 Å². The molecule has 0 unspecified atom stereocenters. The van der Waals surface area contributed by atoms with Crippen LogP contribution in [0, 0.1) is 6.92 Å². The van der Waals surface area contributed by atoms with Gasteiger partial charge in [0, 0.05) is 17.5 Å². The third-order valence-corrected chi connectivity index (χ3v) is 2.92. The maximum absolute atomic E-state index is 11.3. The lowest BCUT2D eigenvalue weighted by atomic mass is 10.1. The second-order valence-electron chi connectivity index (χ2n) is 4.04. The molecule has 82 valence electrons. The van der Waals surface area contributed by atoms with Gasteiger partial charge < -0.3 is 9.47 Å². The monoisotopic (exact) mass is 216 g/mol. The molecular weight excluding hydrogens is 204 g/mol. The van der Waals surface area contributed by atoms with E-state index in [4.69, 9.17) is 9.47 Å². The van der Waals surface area contributed by atoms with Crippen LogP contribution in [-0.2, 0) is 0 Å². The molecule has 0 amide bonds. The van der Waals surface area contributed by atoms with Gasteiger partial charge in [-0.25, -0.2) is 0 Å². The number of ether oxygens (including phenoxy) is 2. The van der Waals surface area contributed by atoms with E-state index in [1.165, 1.54) is 0 Å². The first-order valence-electron chi connectivity index (χ1n) is 5.43. The van der Waals surface area contributed by atoms with Crippen LogP contribution in [0.25, 0.3) is 11.1 Å². The largest absolute Gasteiger partial charge is 0.490 e. The van der Waals surface area contributed by atoms with Gasteiger partial charge in [0.1, 0.15) is 0 Å². The van der Waals surface area contributed by atoms with Crippen LogP contribution in [-0.4, -0.2) is 13.2 Å². The van der Waals surface area contributed by atoms with E-state index in [2.05, 4.69) is 0 Å². The molecule has 0 aromatic heterocycles. The van der Waals surface area contributed by atoms with Crippen molar-refractivity contribution < 1.29 is 9.47 Å². The molecule has 16 heavy (non-hydrogen) atoms. The van der Waals surface area contributed by atoms with Crippen molar-refractivity contribution in [3.63, 3.8) is 0 Å². The van der Waals surface area contributed by atoms with Crippen LogP contribution < -0.4 is 14.9 Å². The number of benzene rings is 1. The van der Waals surface area contributed by atoms with E-state index >= 15 is 0 Å². The fourth-order valence-corrected chi connectivity index (χ4v) is 1.92. The molecule has 0 spiro atoms. The van der Waals surface area contributed by atoms with Crippen LogP contribution in [0.15, 0.2) is 23.0 Å². The third-order valence-electron chi connectivity index (χ3n) is 2.92. The maximum atomic E-state index is 11.3. The highest BCUT2D eigenvalue weighted by atomic mass is 16.5. The Hall–Kier alpha value is -1.77. The SMILES string of the molecule is Cc1c(-c2ccc3c(c2)OCCCO3)c1=O. The smallest absolute Gasteiger partial charge is 0.190 e. The summed E-state index contributed by atoms with van der Waals surface area (Å²) >= 11 is 0. The van der Waals surface area contributed by atoms with E-state index in [1.54, 1.807) is 0 Å². The molecule has 3 rings (SSSR count). The Bertz CT molecular complexity index is 547. The molecule has 0 saturated carbocycles. The van der Waals surface area contributed by atoms with Crippen LogP contribution in [0.3, 0.4) is 0 Å². The molecule has 0 radical (unpaired) electrons. The summed E-state index contributed by atoms with van der Waals surface area (Å²) < 4.78 is 11.1. The summed E-state index contributed by atoms with van der Waals surface area (Å²) in [7, 11) is 0. The van der Waals surface area contributed by atoms with Crippen molar-refractivity contribution in [3.8, 4) is 22.6 Å². The first-order chi connectivity index (χ1) is 7.77. The predicted molar refractivity (Wildman–Crippen MR) is 60.9 cm³/mol. The standard InChI is InChI=1S/C13H12O3/c1-8-12(13(8)14)9-3-4-10-11(7-9)16-6-2-5-15-10/h3-4,7H,2,5-6H2,1H3. The van der Waals surface area contributed by atoms with Crippen LogP contribution in [0.5, 0.6) is 11.5 Å². The number of rotatable bonds is 1. The molecule has 1 heterocycles. The van der Waals surface area contributed by atoms with E-state index < -0.39 is 0 Å². The highest BCUT2D eigenvalue weighted by molar-refractivity contribution is 5.77. The quantitative estimate of drug-likeness (QED) is 0.732. The summed E-state index contributed by atoms with van der Waals surface area (Å²) in [6, 6.07) is 5.68. The molecule has 0 fully saturated rings. The molecule has 1 aliphatic heterocycles. The van der Waals surface area contributed by atoms with Crippen molar-refractivity contribution in [2.75, 3.05) is 13.2 Å². The van der Waals surface area contributed by atoms with Crippen molar-refractivity contribution in [2.45, 2.75) is 13.3 Å². The summed E-state index contributed by atoms with van der Waals surface area (Å²) in [6.45, 7) is 3.20. The summed E-state index contributed by atoms with van der Waals surface area (Å²) in [5.41, 5.74) is 2.78. The normalized spacial score (nSPS) is 15.1. The minimum atomic E-state index is 0.162. The number of hydrogen-bond donors (Lipinski definition) is 0. The Morgan fingerprint density at radius 3 is 2.50 bits per heavy atom. The van der Waals surface area contributed by atoms with E-state index in [1.807, 2.05) is 25.1 Å². The first kappa shape index (κ1) is 9.46. The predicted octanol–water partition coefficient (Wildman–Crippen LogP) is 2.06. The first-order valence-corrected chi connectivity index (χ1v) is 5.43. The fraction of sp³-hybridized carbons (Fsp3) is 0.308. The van der Waals surface area contributed by atoms with Crippen LogP contribution in [0.2, 0.25) is 0 Å². The van der Waals surface area contributed by atoms with Gasteiger partial charge in [0.25, 0.3) is 0 Å². The van der Waals surface area contributed by atoms with Gasteiger partial charge in [0.2, 0.25) is 0 Å². The van der Waals surface area contributed by atoms with Crippen molar-refractivity contribution in [3.05, 3.63) is 34.0 Å². The molecule has 0 bridgehead atoms. The van der Waals surface area contributed by atoms with Crippen molar-refractivity contribution >= 4 is 0 Å². The Balaban J connectivity index is 2.01. The van der Waals surface area contributed by atoms with Gasteiger partial charge in [-0.1, -0.05) is 6.07 Å². The van der Waals surface area contributed by atoms with Crippen molar-refractivity contribution in [1.29, 1.82) is 0 Å². The summed E-state index contributed by atoms with van der Waals surface area (Å²) in [5.74, 6) is 1.52. The summed E-state index contributed by atoms with van der Waals surface area (Å²) in [4.78, 5) is 11.3. The molecule has 0 atom stereocenters. The lowest BCUT2D eigenvalue weighted by Crippen LogP contribution is -1.97. The number of fused-ring (bicyclic) bond motifs is 1. The molecular formula is C13H12O3. The zero-order valence-electron chi connectivity index (χ0n) is 9.08. The third kappa shape index (κ3) is 1.40. The van der Waals surface area contributed by atoms with Crippen LogP contribution in [0.4, 0.5) is 0 Å². The Kier molecular flexibility index (Phi) is 1.99. The van der Waals surface area contributed by atoms with Crippen molar-refractivity contribution in [1.82, 2.24) is 0 Å². The van der Waals surface area contributed by atoms with Gasteiger partial charge >= 0.3 is 0 Å². The molecule has 3 heteroatoms. The lowest BCUT2D eigenvalue weighted by molar-refractivity contribution is 0.297. The van der Waals surface area contributed by atoms with Gasteiger partial charge in [-0.15, -0.1) is 0 Å². The van der Waals surface area contributed by atoms with Gasteiger partial charge in [-0.3, -0.25) is 4.79 Å². The second kappa shape index (κ2) is 3.37. The number of hydrogen-bond acceptors (Lipinski definition) is 3. The van der Waals surface area contributed by atoms with Gasteiger partial charge in [-0.2, -0.15) is 0 Å². The molecule has 0 N–H and O–H groups in total. The van der Waals surface area contributed by atoms with Crippen molar-refractivity contribution in [2.24, 2.45) is 0 Å². The highest BCUT2D eigenvalue weighted by Crippen LogP contribution is 2.35. The molecule has 2 aromatic carbocycles. The minimum absolute atomic E-state index is 0.162. The van der Waals surface area contributed by atoms with Crippen LogP contribution >= 0.6 is 0 Å². The lowest BCUT2D eigenvalue weighted by Gasteiger charge is -2.07. The molecule has 3 nitrogen and oxygen atoms in total. The van der Waals surface area contributed by atoms with E-state index in [-0.39, 0.29) is 5.43 Å². The highest BCUT2D eigenvalue weighted by Gasteiger charge is 2.21. The summed E-state index contributed by atoms with van der Waals surface area (Å²) in [6.07, 6.45) is 0.894. The zero-order chi connectivity index (χ0) is 11.1. The van der Waals surface area contributed by atoms with Gasteiger partial charge in [0.15, 0.2) is 16.9 Å². The fourth-order valence-electron chi connectivity index (χ4n) is 1.92. The van der Waals surface area contributed by atoms with Gasteiger partial charge in [0.05, 0.1) is 13.2 Å². The average Bonchev–Trinajstić information content (AvgIpc) is 2.95. The average molecular weight is 216 g/mol.